The second-order valence-corrected chi connectivity index (χ2v) is 7.54. The third kappa shape index (κ3) is 9.63. The van der Waals surface area contributed by atoms with Crippen LogP contribution >= 0.6 is 11.6 Å². The van der Waals surface area contributed by atoms with Crippen molar-refractivity contribution < 1.29 is 4.79 Å². The number of aryl methyl sites for hydroxylation is 1. The van der Waals surface area contributed by atoms with Crippen molar-refractivity contribution in [3.8, 4) is 0 Å². The highest BCUT2D eigenvalue weighted by molar-refractivity contribution is 6.67. The van der Waals surface area contributed by atoms with Crippen LogP contribution < -0.4 is 5.32 Å². The number of anilines is 1. The first-order valence-electron chi connectivity index (χ1n) is 10.3. The van der Waals surface area contributed by atoms with E-state index in [2.05, 4.69) is 35.6 Å². The van der Waals surface area contributed by atoms with Crippen LogP contribution in [0, 0.1) is 0 Å². The Hall–Kier alpha value is -1.80. The van der Waals surface area contributed by atoms with Crippen LogP contribution in [0.25, 0.3) is 0 Å². The van der Waals surface area contributed by atoms with Gasteiger partial charge < -0.3 is 5.32 Å². The van der Waals surface area contributed by atoms with Crippen molar-refractivity contribution in [1.82, 2.24) is 0 Å². The zero-order chi connectivity index (χ0) is 19.2. The summed E-state index contributed by atoms with van der Waals surface area (Å²) in [5.41, 5.74) is 3.06. The number of unbranched alkanes of at least 4 members (excludes halogenated alkanes) is 8. The summed E-state index contributed by atoms with van der Waals surface area (Å²) >= 11 is 5.44. The average molecular weight is 386 g/mol. The van der Waals surface area contributed by atoms with Crippen LogP contribution in [0.1, 0.15) is 73.7 Å². The van der Waals surface area contributed by atoms with E-state index in [9.17, 15) is 4.79 Å². The molecule has 0 saturated carbocycles. The maximum atomic E-state index is 11.0. The Labute approximate surface area is 169 Å². The number of carbonyl (C=O) groups excluding carboxylic acids is 1. The summed E-state index contributed by atoms with van der Waals surface area (Å²) in [5.74, 6) is 0. The Kier molecular flexibility index (Phi) is 10.7. The fraction of sp³-hybridized carbons (Fsp3) is 0.458. The molecule has 1 N–H and O–H groups in total. The molecule has 2 nitrogen and oxygen atoms in total. The molecule has 0 bridgehead atoms. The Bertz CT molecular complexity index is 639. The lowest BCUT2D eigenvalue weighted by Gasteiger charge is -2.07. The van der Waals surface area contributed by atoms with E-state index in [1.165, 1.54) is 69.8 Å². The lowest BCUT2D eigenvalue weighted by atomic mass is 10.0. The summed E-state index contributed by atoms with van der Waals surface area (Å²) in [6.07, 6.45) is 13.1. The number of rotatable bonds is 14. The van der Waals surface area contributed by atoms with Crippen molar-refractivity contribution in [1.29, 1.82) is 0 Å². The third-order valence-electron chi connectivity index (χ3n) is 4.93. The fourth-order valence-corrected chi connectivity index (χ4v) is 3.41. The Morgan fingerprint density at radius 1 is 0.704 bits per heavy atom. The van der Waals surface area contributed by atoms with Gasteiger partial charge in [0.05, 0.1) is 0 Å². The van der Waals surface area contributed by atoms with Crippen molar-refractivity contribution in [2.24, 2.45) is 0 Å². The van der Waals surface area contributed by atoms with Crippen LogP contribution in [0.2, 0.25) is 0 Å². The molecule has 0 heterocycles. The minimum atomic E-state index is -0.405. The molecule has 0 amide bonds. The van der Waals surface area contributed by atoms with Crippen LogP contribution in [0.3, 0.4) is 0 Å². The average Bonchev–Trinajstić information content (AvgIpc) is 2.70. The smallest absolute Gasteiger partial charge is 0.252 e. The Morgan fingerprint density at radius 3 is 1.85 bits per heavy atom. The fourth-order valence-electron chi connectivity index (χ4n) is 3.29. The monoisotopic (exact) mass is 385 g/mol. The summed E-state index contributed by atoms with van der Waals surface area (Å²) in [5, 5.41) is 2.99. The number of carbonyl (C=O) groups is 1. The highest BCUT2D eigenvalue weighted by Gasteiger charge is 2.00. The molecule has 0 unspecified atom stereocenters. The maximum absolute atomic E-state index is 11.0. The van der Waals surface area contributed by atoms with Gasteiger partial charge in [-0.2, -0.15) is 0 Å². The van der Waals surface area contributed by atoms with E-state index in [4.69, 9.17) is 11.6 Å². The van der Waals surface area contributed by atoms with Crippen LogP contribution in [-0.4, -0.2) is 11.8 Å². The summed E-state index contributed by atoms with van der Waals surface area (Å²) in [4.78, 5) is 11.0. The van der Waals surface area contributed by atoms with Gasteiger partial charge in [-0.1, -0.05) is 75.3 Å². The van der Waals surface area contributed by atoms with E-state index in [1.807, 2.05) is 12.1 Å². The minimum absolute atomic E-state index is 0.405. The quantitative estimate of drug-likeness (QED) is 0.274. The molecule has 2 aromatic rings. The molecule has 3 heteroatoms. The molecule has 0 fully saturated rings. The van der Waals surface area contributed by atoms with Crippen LogP contribution in [0.5, 0.6) is 0 Å². The van der Waals surface area contributed by atoms with Gasteiger partial charge in [0, 0.05) is 17.8 Å². The van der Waals surface area contributed by atoms with E-state index >= 15 is 0 Å². The van der Waals surface area contributed by atoms with Gasteiger partial charge in [0.15, 0.2) is 0 Å². The lowest BCUT2D eigenvalue weighted by Crippen LogP contribution is -2.01. The van der Waals surface area contributed by atoms with Crippen molar-refractivity contribution in [2.75, 3.05) is 11.9 Å². The van der Waals surface area contributed by atoms with Gasteiger partial charge in [-0.05, 0) is 60.7 Å². The summed E-state index contributed by atoms with van der Waals surface area (Å²) in [6.45, 7) is 0.980. The first kappa shape index (κ1) is 21.5. The molecule has 0 saturated heterocycles. The van der Waals surface area contributed by atoms with Crippen LogP contribution in [0.15, 0.2) is 54.6 Å². The van der Waals surface area contributed by atoms with Crippen molar-refractivity contribution >= 4 is 22.5 Å². The normalized spacial score (nSPS) is 10.7. The molecule has 0 atom stereocenters. The Morgan fingerprint density at radius 2 is 1.26 bits per heavy atom. The molecule has 27 heavy (non-hydrogen) atoms. The van der Waals surface area contributed by atoms with Gasteiger partial charge in [-0.15, -0.1) is 0 Å². The second-order valence-electron chi connectivity index (χ2n) is 7.20. The molecule has 2 aromatic carbocycles. The first-order valence-corrected chi connectivity index (χ1v) is 10.7. The maximum Gasteiger partial charge on any atom is 0.252 e. The highest BCUT2D eigenvalue weighted by Crippen LogP contribution is 2.13. The van der Waals surface area contributed by atoms with Gasteiger partial charge in [-0.25, -0.2) is 0 Å². The molecule has 0 radical (unpaired) electrons. The van der Waals surface area contributed by atoms with E-state index < -0.39 is 5.24 Å². The van der Waals surface area contributed by atoms with E-state index in [-0.39, 0.29) is 0 Å². The molecular weight excluding hydrogens is 354 g/mol. The van der Waals surface area contributed by atoms with Crippen LogP contribution in [-0.2, 0) is 6.42 Å². The minimum Gasteiger partial charge on any atom is -0.385 e. The number of benzene rings is 2. The van der Waals surface area contributed by atoms with Crippen molar-refractivity contribution in [3.63, 3.8) is 0 Å². The zero-order valence-corrected chi connectivity index (χ0v) is 17.0. The first-order chi connectivity index (χ1) is 13.3. The van der Waals surface area contributed by atoms with Gasteiger partial charge in [0.2, 0.25) is 0 Å². The zero-order valence-electron chi connectivity index (χ0n) is 16.3. The van der Waals surface area contributed by atoms with E-state index in [1.54, 1.807) is 12.1 Å². The summed E-state index contributed by atoms with van der Waals surface area (Å²) in [6, 6.07) is 18.1. The molecule has 0 aliphatic carbocycles. The molecule has 0 aromatic heterocycles. The molecule has 0 spiro atoms. The second kappa shape index (κ2) is 13.4. The third-order valence-corrected chi connectivity index (χ3v) is 5.14. The SMILES string of the molecule is O=C(Cl)c1ccc(NCCCCCCCCCCCc2ccccc2)cc1. The van der Waals surface area contributed by atoms with Gasteiger partial charge >= 0.3 is 0 Å². The number of hydrogen-bond acceptors (Lipinski definition) is 2. The largest absolute Gasteiger partial charge is 0.385 e. The van der Waals surface area contributed by atoms with Gasteiger partial charge in [0.1, 0.15) is 0 Å². The standard InChI is InChI=1S/C24H32ClNO/c25-24(27)22-16-18-23(19-17-22)26-20-12-7-5-3-1-2-4-6-9-13-21-14-10-8-11-15-21/h8,10-11,14-19,26H,1-7,9,12-13,20H2. The van der Waals surface area contributed by atoms with Gasteiger partial charge in [-0.3, -0.25) is 4.79 Å². The molecular formula is C24H32ClNO. The van der Waals surface area contributed by atoms with E-state index in [0.29, 0.717) is 5.56 Å². The van der Waals surface area contributed by atoms with Crippen LogP contribution in [0.4, 0.5) is 5.69 Å². The van der Waals surface area contributed by atoms with Crippen molar-refractivity contribution in [2.45, 2.75) is 64.2 Å². The highest BCUT2D eigenvalue weighted by atomic mass is 35.5. The number of halogens is 1. The molecule has 2 rings (SSSR count). The summed E-state index contributed by atoms with van der Waals surface area (Å²) < 4.78 is 0. The number of nitrogens with one attached hydrogen (secondary N) is 1. The lowest BCUT2D eigenvalue weighted by molar-refractivity contribution is 0.108. The summed E-state index contributed by atoms with van der Waals surface area (Å²) in [7, 11) is 0. The van der Waals surface area contributed by atoms with E-state index in [0.717, 1.165) is 12.2 Å². The van der Waals surface area contributed by atoms with Gasteiger partial charge in [0.25, 0.3) is 5.24 Å². The Balaban J connectivity index is 1.37. The molecule has 0 aliphatic heterocycles. The molecule has 146 valence electrons. The van der Waals surface area contributed by atoms with Crippen molar-refractivity contribution in [3.05, 3.63) is 65.7 Å². The predicted octanol–water partition coefficient (Wildman–Crippen LogP) is 7.23. The predicted molar refractivity (Wildman–Crippen MR) is 117 cm³/mol. The topological polar surface area (TPSA) is 29.1 Å². The number of hydrogen-bond donors (Lipinski definition) is 1. The molecule has 0 aliphatic rings.